The van der Waals surface area contributed by atoms with Crippen molar-refractivity contribution < 1.29 is 0 Å². The molecule has 0 aliphatic heterocycles. The monoisotopic (exact) mass is 300 g/mol. The van der Waals surface area contributed by atoms with Gasteiger partial charge in [0.25, 0.3) is 0 Å². The molecule has 3 rings (SSSR count). The number of halogens is 1. The predicted octanol–water partition coefficient (Wildman–Crippen LogP) is 3.06. The number of hydrogen-bond donors (Lipinski definition) is 0. The van der Waals surface area contributed by atoms with Gasteiger partial charge in [0.05, 0.1) is 10.7 Å². The van der Waals surface area contributed by atoms with E-state index in [1.165, 1.54) is 0 Å². The molecule has 0 unspecified atom stereocenters. The lowest BCUT2D eigenvalue weighted by Crippen LogP contribution is -2.21. The third kappa shape index (κ3) is 3.60. The number of pyridine rings is 2. The molecule has 21 heavy (non-hydrogen) atoms. The molecule has 0 N–H and O–H groups in total. The summed E-state index contributed by atoms with van der Waals surface area (Å²) in [5.74, 6) is 0. The van der Waals surface area contributed by atoms with Gasteiger partial charge in [-0.3, -0.25) is 4.98 Å². The Morgan fingerprint density at radius 2 is 2.05 bits per heavy atom. The van der Waals surface area contributed by atoms with E-state index in [2.05, 4.69) is 28.0 Å². The molecule has 0 radical (unpaired) electrons. The van der Waals surface area contributed by atoms with Crippen LogP contribution < -0.4 is 0 Å². The van der Waals surface area contributed by atoms with Gasteiger partial charge in [-0.05, 0) is 31.3 Å². The number of fused-ring (bicyclic) bond motifs is 1. The van der Waals surface area contributed by atoms with Crippen LogP contribution in [0.15, 0.2) is 48.9 Å². The molecule has 3 aromatic rings. The third-order valence-electron chi connectivity index (χ3n) is 3.37. The number of nitrogens with zero attached hydrogens (tertiary/aromatic N) is 4. The van der Waals surface area contributed by atoms with Gasteiger partial charge in [0.1, 0.15) is 5.65 Å². The van der Waals surface area contributed by atoms with Crippen molar-refractivity contribution in [2.45, 2.75) is 13.0 Å². The summed E-state index contributed by atoms with van der Waals surface area (Å²) < 4.78 is 1.96. The lowest BCUT2D eigenvalue weighted by Gasteiger charge is -2.14. The molecule has 0 aliphatic rings. The third-order valence-corrected chi connectivity index (χ3v) is 3.60. The first kappa shape index (κ1) is 14.0. The first-order chi connectivity index (χ1) is 10.2. The Labute approximate surface area is 129 Å². The van der Waals surface area contributed by atoms with Gasteiger partial charge in [-0.1, -0.05) is 17.7 Å². The molecule has 0 saturated carbocycles. The molecule has 0 aliphatic carbocycles. The van der Waals surface area contributed by atoms with Crippen molar-refractivity contribution in [1.82, 2.24) is 19.3 Å². The van der Waals surface area contributed by atoms with Crippen molar-refractivity contribution in [3.8, 4) is 0 Å². The van der Waals surface area contributed by atoms with Crippen LogP contribution in [0.3, 0.4) is 0 Å². The second-order valence-corrected chi connectivity index (χ2v) is 5.59. The fourth-order valence-corrected chi connectivity index (χ4v) is 2.47. The molecule has 0 aromatic carbocycles. The summed E-state index contributed by atoms with van der Waals surface area (Å²) in [6.07, 6.45) is 6.68. The van der Waals surface area contributed by atoms with Crippen molar-refractivity contribution >= 4 is 17.2 Å². The number of imidazole rings is 1. The number of hydrogen-bond acceptors (Lipinski definition) is 3. The number of rotatable bonds is 5. The molecule has 5 heteroatoms. The van der Waals surface area contributed by atoms with Crippen LogP contribution in [0.1, 0.15) is 11.4 Å². The highest BCUT2D eigenvalue weighted by Crippen LogP contribution is 2.12. The Bertz CT molecular complexity index is 723. The van der Waals surface area contributed by atoms with Crippen LogP contribution in [-0.2, 0) is 13.0 Å². The van der Waals surface area contributed by atoms with Crippen LogP contribution in [0, 0.1) is 0 Å². The minimum Gasteiger partial charge on any atom is -0.305 e. The standard InChI is InChI=1S/C16H17ClN4/c1-20(9-7-14-4-2-3-8-18-14)11-15-12-21-10-13(17)5-6-16(21)19-15/h2-6,8,10,12H,7,9,11H2,1H3. The predicted molar refractivity (Wildman–Crippen MR) is 84.5 cm³/mol. The first-order valence-electron chi connectivity index (χ1n) is 6.92. The Morgan fingerprint density at radius 3 is 2.86 bits per heavy atom. The zero-order valence-corrected chi connectivity index (χ0v) is 12.7. The van der Waals surface area contributed by atoms with E-state index < -0.39 is 0 Å². The minimum absolute atomic E-state index is 0.718. The van der Waals surface area contributed by atoms with Crippen molar-refractivity contribution in [3.63, 3.8) is 0 Å². The summed E-state index contributed by atoms with van der Waals surface area (Å²) in [7, 11) is 2.10. The van der Waals surface area contributed by atoms with Gasteiger partial charge in [-0.25, -0.2) is 4.98 Å². The van der Waals surface area contributed by atoms with Crippen molar-refractivity contribution in [1.29, 1.82) is 0 Å². The van der Waals surface area contributed by atoms with Crippen molar-refractivity contribution in [2.75, 3.05) is 13.6 Å². The molecule has 3 heterocycles. The molecule has 0 bridgehead atoms. The maximum atomic E-state index is 5.99. The minimum atomic E-state index is 0.718. The SMILES string of the molecule is CN(CCc1ccccn1)Cc1cn2cc(Cl)ccc2n1. The highest BCUT2D eigenvalue weighted by molar-refractivity contribution is 6.30. The number of likely N-dealkylation sites (N-methyl/N-ethyl adjacent to an activating group) is 1. The molecule has 3 aromatic heterocycles. The van der Waals surface area contributed by atoms with Crippen LogP contribution in [0.4, 0.5) is 0 Å². The topological polar surface area (TPSA) is 33.4 Å². The Hall–Kier alpha value is -1.91. The zero-order chi connectivity index (χ0) is 14.7. The van der Waals surface area contributed by atoms with Gasteiger partial charge in [0, 0.05) is 43.8 Å². The van der Waals surface area contributed by atoms with E-state index in [4.69, 9.17) is 11.6 Å². The number of aromatic nitrogens is 3. The van der Waals surface area contributed by atoms with E-state index in [0.29, 0.717) is 0 Å². The maximum absolute atomic E-state index is 5.99. The van der Waals surface area contributed by atoms with E-state index in [1.807, 2.05) is 47.3 Å². The zero-order valence-electron chi connectivity index (χ0n) is 11.9. The Kier molecular flexibility index (Phi) is 4.18. The second-order valence-electron chi connectivity index (χ2n) is 5.15. The van der Waals surface area contributed by atoms with E-state index in [-0.39, 0.29) is 0 Å². The smallest absolute Gasteiger partial charge is 0.137 e. The van der Waals surface area contributed by atoms with Crippen LogP contribution in [0.2, 0.25) is 5.02 Å². The lowest BCUT2D eigenvalue weighted by atomic mass is 10.2. The van der Waals surface area contributed by atoms with Gasteiger partial charge in [-0.2, -0.15) is 0 Å². The lowest BCUT2D eigenvalue weighted by molar-refractivity contribution is 0.326. The van der Waals surface area contributed by atoms with Gasteiger partial charge in [0.2, 0.25) is 0 Å². The van der Waals surface area contributed by atoms with Gasteiger partial charge in [-0.15, -0.1) is 0 Å². The molecular formula is C16H17ClN4. The Morgan fingerprint density at radius 1 is 1.14 bits per heavy atom. The first-order valence-corrected chi connectivity index (χ1v) is 7.30. The fourth-order valence-electron chi connectivity index (χ4n) is 2.30. The molecule has 4 nitrogen and oxygen atoms in total. The van der Waals surface area contributed by atoms with E-state index in [9.17, 15) is 0 Å². The quantitative estimate of drug-likeness (QED) is 0.726. The van der Waals surface area contributed by atoms with Crippen LogP contribution in [0.25, 0.3) is 5.65 Å². The van der Waals surface area contributed by atoms with Crippen molar-refractivity contribution in [2.24, 2.45) is 0 Å². The molecule has 0 amide bonds. The fraction of sp³-hybridized carbons (Fsp3) is 0.250. The van der Waals surface area contributed by atoms with Crippen LogP contribution >= 0.6 is 11.6 Å². The molecule has 108 valence electrons. The summed E-state index contributed by atoms with van der Waals surface area (Å²) in [6.45, 7) is 1.76. The molecule has 0 atom stereocenters. The Balaban J connectivity index is 1.62. The molecule has 0 fully saturated rings. The van der Waals surface area contributed by atoms with Gasteiger partial charge < -0.3 is 9.30 Å². The summed E-state index contributed by atoms with van der Waals surface area (Å²) in [4.78, 5) is 11.2. The summed E-state index contributed by atoms with van der Waals surface area (Å²) in [5, 5.41) is 0.718. The van der Waals surface area contributed by atoms with Crippen LogP contribution in [-0.4, -0.2) is 32.9 Å². The highest BCUT2D eigenvalue weighted by Gasteiger charge is 2.06. The van der Waals surface area contributed by atoms with E-state index in [0.717, 1.165) is 41.6 Å². The molecule has 0 spiro atoms. The van der Waals surface area contributed by atoms with E-state index in [1.54, 1.807) is 0 Å². The normalized spacial score (nSPS) is 11.4. The van der Waals surface area contributed by atoms with Crippen LogP contribution in [0.5, 0.6) is 0 Å². The van der Waals surface area contributed by atoms with Gasteiger partial charge in [0.15, 0.2) is 0 Å². The summed E-state index contributed by atoms with van der Waals surface area (Å²) in [5.41, 5.74) is 3.08. The average Bonchev–Trinajstić information content (AvgIpc) is 2.87. The van der Waals surface area contributed by atoms with Crippen molar-refractivity contribution in [3.05, 3.63) is 65.3 Å². The largest absolute Gasteiger partial charge is 0.305 e. The van der Waals surface area contributed by atoms with Gasteiger partial charge >= 0.3 is 0 Å². The summed E-state index contributed by atoms with van der Waals surface area (Å²) in [6, 6.07) is 9.81. The maximum Gasteiger partial charge on any atom is 0.137 e. The highest BCUT2D eigenvalue weighted by atomic mass is 35.5. The molecular weight excluding hydrogens is 284 g/mol. The average molecular weight is 301 g/mol. The summed E-state index contributed by atoms with van der Waals surface area (Å²) >= 11 is 5.99. The second kappa shape index (κ2) is 6.24. The van der Waals surface area contributed by atoms with E-state index >= 15 is 0 Å². The molecule has 0 saturated heterocycles.